The smallest absolute Gasteiger partial charge is 0.303 e. The predicted octanol–water partition coefficient (Wildman–Crippen LogP) is 7.24. The molecule has 212 valence electrons. The van der Waals surface area contributed by atoms with Crippen LogP contribution in [0.3, 0.4) is 0 Å². The summed E-state index contributed by atoms with van der Waals surface area (Å²) in [4.78, 5) is 23.9. The van der Waals surface area contributed by atoms with Crippen LogP contribution in [0.15, 0.2) is 72.0 Å². The number of ether oxygens (including phenoxy) is 1. The monoisotopic (exact) mass is 538 g/mol. The first-order chi connectivity index (χ1) is 18.6. The van der Waals surface area contributed by atoms with Crippen LogP contribution >= 0.6 is 0 Å². The van der Waals surface area contributed by atoms with E-state index in [1.807, 2.05) is 78.8 Å². The molecule has 2 aromatic carbocycles. The molecule has 0 aromatic heterocycles. The summed E-state index contributed by atoms with van der Waals surface area (Å²) in [7, 11) is 0. The average molecular weight is 539 g/mol. The second-order valence-electron chi connectivity index (χ2n) is 8.88. The molecule has 39 heavy (non-hydrogen) atoms. The minimum atomic E-state index is -0.849. The van der Waals surface area contributed by atoms with E-state index in [1.54, 1.807) is 18.2 Å². The molecule has 0 heterocycles. The number of nitrogens with one attached hydrogen (secondary N) is 2. The third kappa shape index (κ3) is 11.6. The van der Waals surface area contributed by atoms with Gasteiger partial charge < -0.3 is 20.5 Å². The first-order valence-electron chi connectivity index (χ1n) is 13.4. The molecular formula is C32H43FN2O4. The van der Waals surface area contributed by atoms with Gasteiger partial charge in [-0.05, 0) is 86.6 Å². The molecule has 0 saturated heterocycles. The Bertz CT molecular complexity index is 1180. The SMILES string of the molecule is C/C=C\CN/C(C(=O)NCc1cc(F)cc(Oc2ccc(CCC(=O)O)c(C)c2)c1)=C(/C)C(C)/C=C/C.CC. The molecule has 0 saturated carbocycles. The fraction of sp³-hybridized carbons (Fsp3) is 0.375. The highest BCUT2D eigenvalue weighted by atomic mass is 19.1. The Morgan fingerprint density at radius 3 is 2.38 bits per heavy atom. The Hall–Kier alpha value is -3.87. The summed E-state index contributed by atoms with van der Waals surface area (Å²) in [5.74, 6) is -0.685. The number of halogens is 1. The van der Waals surface area contributed by atoms with E-state index in [0.717, 1.165) is 16.7 Å². The molecule has 1 atom stereocenters. The van der Waals surface area contributed by atoms with E-state index in [2.05, 4.69) is 10.6 Å². The van der Waals surface area contributed by atoms with Crippen molar-refractivity contribution in [2.24, 2.45) is 5.92 Å². The maximum atomic E-state index is 14.4. The number of amides is 1. The van der Waals surface area contributed by atoms with Crippen molar-refractivity contribution >= 4 is 11.9 Å². The van der Waals surface area contributed by atoms with E-state index < -0.39 is 11.8 Å². The van der Waals surface area contributed by atoms with E-state index in [4.69, 9.17) is 9.84 Å². The lowest BCUT2D eigenvalue weighted by molar-refractivity contribution is -0.137. The molecule has 0 radical (unpaired) electrons. The minimum Gasteiger partial charge on any atom is -0.481 e. The van der Waals surface area contributed by atoms with Crippen molar-refractivity contribution in [3.63, 3.8) is 0 Å². The summed E-state index contributed by atoms with van der Waals surface area (Å²) in [6.45, 7) is 14.3. The quantitative estimate of drug-likeness (QED) is 0.185. The Labute approximate surface area is 232 Å². The summed E-state index contributed by atoms with van der Waals surface area (Å²) in [5, 5.41) is 15.0. The number of carboxylic acids is 1. The van der Waals surface area contributed by atoms with Crippen LogP contribution < -0.4 is 15.4 Å². The van der Waals surface area contributed by atoms with E-state index >= 15 is 0 Å². The van der Waals surface area contributed by atoms with Crippen LogP contribution in [0.25, 0.3) is 0 Å². The van der Waals surface area contributed by atoms with Gasteiger partial charge in [0.2, 0.25) is 0 Å². The van der Waals surface area contributed by atoms with Gasteiger partial charge in [0.05, 0.1) is 5.70 Å². The van der Waals surface area contributed by atoms with Crippen molar-refractivity contribution in [3.8, 4) is 11.5 Å². The zero-order valence-corrected chi connectivity index (χ0v) is 24.2. The fourth-order valence-corrected chi connectivity index (χ4v) is 3.78. The van der Waals surface area contributed by atoms with Crippen LogP contribution in [0.1, 0.15) is 64.7 Å². The number of aryl methyl sites for hydroxylation is 2. The van der Waals surface area contributed by atoms with E-state index in [1.165, 1.54) is 12.1 Å². The van der Waals surface area contributed by atoms with Crippen LogP contribution in [-0.2, 0) is 22.6 Å². The van der Waals surface area contributed by atoms with Crippen molar-refractivity contribution < 1.29 is 23.8 Å². The number of carbonyl (C=O) groups is 2. The molecule has 1 amide bonds. The van der Waals surface area contributed by atoms with Gasteiger partial charge in [-0.15, -0.1) is 0 Å². The lowest BCUT2D eigenvalue weighted by atomic mass is 9.99. The second-order valence-corrected chi connectivity index (χ2v) is 8.88. The zero-order valence-electron chi connectivity index (χ0n) is 24.2. The molecule has 2 rings (SSSR count). The number of rotatable bonds is 13. The van der Waals surface area contributed by atoms with Crippen molar-refractivity contribution in [3.05, 3.63) is 94.5 Å². The molecule has 1 unspecified atom stereocenters. The number of aliphatic carboxylic acids is 1. The normalized spacial score (nSPS) is 12.4. The highest BCUT2D eigenvalue weighted by molar-refractivity contribution is 5.93. The Kier molecular flexibility index (Phi) is 15.0. The van der Waals surface area contributed by atoms with Crippen molar-refractivity contribution in [1.29, 1.82) is 0 Å². The highest BCUT2D eigenvalue weighted by Gasteiger charge is 2.16. The number of carboxylic acid groups (broad SMARTS) is 1. The fourth-order valence-electron chi connectivity index (χ4n) is 3.78. The molecule has 0 aliphatic carbocycles. The molecule has 0 aliphatic rings. The van der Waals surface area contributed by atoms with Gasteiger partial charge in [0.1, 0.15) is 17.3 Å². The van der Waals surface area contributed by atoms with Gasteiger partial charge in [0, 0.05) is 25.6 Å². The second kappa shape index (κ2) is 17.6. The third-order valence-electron chi connectivity index (χ3n) is 5.96. The van der Waals surface area contributed by atoms with Crippen LogP contribution in [-0.4, -0.2) is 23.5 Å². The van der Waals surface area contributed by atoms with Gasteiger partial charge in [-0.3, -0.25) is 9.59 Å². The molecule has 0 spiro atoms. The lowest BCUT2D eigenvalue weighted by Crippen LogP contribution is -2.33. The van der Waals surface area contributed by atoms with E-state index in [0.29, 0.717) is 35.7 Å². The van der Waals surface area contributed by atoms with Crippen molar-refractivity contribution in [2.75, 3.05) is 6.54 Å². The average Bonchev–Trinajstić information content (AvgIpc) is 2.90. The Morgan fingerprint density at radius 1 is 1.05 bits per heavy atom. The standard InChI is InChI=1S/C30H37FN2O4.C2H6/c1-6-8-14-32-29(22(5)20(3)9-7-2)30(36)33-19-23-16-25(31)18-27(17-23)37-26-12-10-24(21(4)15-26)11-13-28(34)35;1-2/h6-10,12,15-18,20,32H,11,13-14,19H2,1-5H3,(H,33,36)(H,34,35);1-2H3/b8-6-,9-7+,29-22-;. The van der Waals surface area contributed by atoms with Crippen LogP contribution in [0, 0.1) is 18.7 Å². The first-order valence-corrected chi connectivity index (χ1v) is 13.4. The molecule has 0 fully saturated rings. The summed E-state index contributed by atoms with van der Waals surface area (Å²) in [6, 6.07) is 9.68. The number of allylic oxidation sites excluding steroid dienone is 4. The van der Waals surface area contributed by atoms with Gasteiger partial charge in [-0.1, -0.05) is 51.1 Å². The van der Waals surface area contributed by atoms with Crippen molar-refractivity contribution in [2.45, 2.75) is 67.9 Å². The van der Waals surface area contributed by atoms with E-state index in [-0.39, 0.29) is 24.8 Å². The van der Waals surface area contributed by atoms with Crippen LogP contribution in [0.4, 0.5) is 4.39 Å². The number of benzene rings is 2. The number of hydrogen-bond acceptors (Lipinski definition) is 4. The summed E-state index contributed by atoms with van der Waals surface area (Å²) < 4.78 is 20.2. The molecule has 2 aromatic rings. The van der Waals surface area contributed by atoms with Crippen LogP contribution in [0.2, 0.25) is 0 Å². The van der Waals surface area contributed by atoms with Gasteiger partial charge in [-0.2, -0.15) is 0 Å². The lowest BCUT2D eigenvalue weighted by Gasteiger charge is -2.17. The third-order valence-corrected chi connectivity index (χ3v) is 5.96. The van der Waals surface area contributed by atoms with Crippen molar-refractivity contribution in [1.82, 2.24) is 10.6 Å². The van der Waals surface area contributed by atoms with E-state index in [9.17, 15) is 14.0 Å². The Balaban J connectivity index is 0.00000371. The summed E-state index contributed by atoms with van der Waals surface area (Å²) in [5.41, 5.74) is 3.78. The number of hydrogen-bond donors (Lipinski definition) is 3. The summed E-state index contributed by atoms with van der Waals surface area (Å²) in [6.07, 6.45) is 8.30. The topological polar surface area (TPSA) is 87.7 Å². The first kappa shape index (κ1) is 33.2. The maximum Gasteiger partial charge on any atom is 0.303 e. The summed E-state index contributed by atoms with van der Waals surface area (Å²) >= 11 is 0. The zero-order chi connectivity index (χ0) is 29.4. The maximum absolute atomic E-state index is 14.4. The van der Waals surface area contributed by atoms with Crippen LogP contribution in [0.5, 0.6) is 11.5 Å². The van der Waals surface area contributed by atoms with Gasteiger partial charge in [0.15, 0.2) is 0 Å². The highest BCUT2D eigenvalue weighted by Crippen LogP contribution is 2.26. The Morgan fingerprint density at radius 2 is 1.77 bits per heavy atom. The van der Waals surface area contributed by atoms with Gasteiger partial charge in [0.25, 0.3) is 5.91 Å². The largest absolute Gasteiger partial charge is 0.481 e. The molecular weight excluding hydrogens is 495 g/mol. The molecule has 0 bridgehead atoms. The van der Waals surface area contributed by atoms with Gasteiger partial charge in [-0.25, -0.2) is 4.39 Å². The number of carbonyl (C=O) groups excluding carboxylic acids is 1. The molecule has 3 N–H and O–H groups in total. The molecule has 7 heteroatoms. The molecule has 0 aliphatic heterocycles. The van der Waals surface area contributed by atoms with Gasteiger partial charge >= 0.3 is 5.97 Å². The predicted molar refractivity (Wildman–Crippen MR) is 156 cm³/mol. The molecule has 6 nitrogen and oxygen atoms in total. The minimum absolute atomic E-state index is 0.0511.